The van der Waals surface area contributed by atoms with Gasteiger partial charge in [0.25, 0.3) is 5.91 Å². The van der Waals surface area contributed by atoms with E-state index in [1.807, 2.05) is 65.8 Å². The molecule has 10 rings (SSSR count). The minimum absolute atomic E-state index is 0.125. The topological polar surface area (TPSA) is 180 Å². The van der Waals surface area contributed by atoms with Crippen molar-refractivity contribution < 1.29 is 19.5 Å². The molecule has 4 saturated heterocycles. The number of fused-ring (bicyclic) bond motifs is 2. The third kappa shape index (κ3) is 9.09. The van der Waals surface area contributed by atoms with Crippen molar-refractivity contribution in [3.63, 3.8) is 0 Å². The van der Waals surface area contributed by atoms with E-state index in [1.54, 1.807) is 0 Å². The maximum atomic E-state index is 13.7. The fourth-order valence-corrected chi connectivity index (χ4v) is 11.4. The molecule has 0 aliphatic carbocycles. The van der Waals surface area contributed by atoms with Crippen molar-refractivity contribution in [2.24, 2.45) is 13.0 Å². The van der Waals surface area contributed by atoms with Crippen LogP contribution in [-0.2, 0) is 29.7 Å². The molecule has 16 heteroatoms. The summed E-state index contributed by atoms with van der Waals surface area (Å²) in [6, 6.07) is 22.0. The van der Waals surface area contributed by atoms with E-state index in [2.05, 4.69) is 61.7 Å². The summed E-state index contributed by atoms with van der Waals surface area (Å²) in [6.45, 7) is 11.4. The summed E-state index contributed by atoms with van der Waals surface area (Å²) >= 11 is 0. The van der Waals surface area contributed by atoms with Gasteiger partial charge in [-0.2, -0.15) is 0 Å². The highest BCUT2D eigenvalue weighted by Gasteiger charge is 2.33. The van der Waals surface area contributed by atoms with Gasteiger partial charge in [0.05, 0.1) is 24.2 Å². The van der Waals surface area contributed by atoms with E-state index in [0.717, 1.165) is 124 Å². The van der Waals surface area contributed by atoms with Gasteiger partial charge >= 0.3 is 5.69 Å². The largest absolute Gasteiger partial charge is 0.395 e. The first-order chi connectivity index (χ1) is 33.0. The minimum Gasteiger partial charge on any atom is -0.395 e. The second kappa shape index (κ2) is 19.4. The number of aliphatic hydroxyl groups excluding tert-OH is 1. The van der Waals surface area contributed by atoms with Gasteiger partial charge in [-0.05, 0) is 129 Å². The van der Waals surface area contributed by atoms with Crippen molar-refractivity contribution in [1.82, 2.24) is 48.6 Å². The highest BCUT2D eigenvalue weighted by atomic mass is 16.3. The number of piperidine rings is 3. The maximum Gasteiger partial charge on any atom is 0.329 e. The second-order valence-corrected chi connectivity index (χ2v) is 19.4. The van der Waals surface area contributed by atoms with Gasteiger partial charge in [-0.15, -0.1) is 0 Å². The zero-order chi connectivity index (χ0) is 47.1. The fraction of sp³-hybridized carbons (Fsp3) is 0.462. The van der Waals surface area contributed by atoms with Crippen LogP contribution in [-0.4, -0.2) is 132 Å². The van der Waals surface area contributed by atoms with Crippen molar-refractivity contribution in [1.29, 1.82) is 0 Å². The van der Waals surface area contributed by atoms with Crippen molar-refractivity contribution >= 4 is 45.6 Å². The summed E-state index contributed by atoms with van der Waals surface area (Å²) in [6.07, 6.45) is 8.29. The zero-order valence-electron chi connectivity index (χ0n) is 39.2. The molecule has 0 saturated carbocycles. The lowest BCUT2D eigenvalue weighted by molar-refractivity contribution is -0.135. The van der Waals surface area contributed by atoms with Gasteiger partial charge in [0.1, 0.15) is 17.5 Å². The summed E-state index contributed by atoms with van der Waals surface area (Å²) in [7, 11) is 2.11. The molecule has 4 fully saturated rings. The summed E-state index contributed by atoms with van der Waals surface area (Å²) < 4.78 is 5.24. The molecule has 8 heterocycles. The van der Waals surface area contributed by atoms with Crippen LogP contribution in [0, 0.1) is 5.92 Å². The number of imidazole rings is 1. The van der Waals surface area contributed by atoms with Crippen LogP contribution in [0.1, 0.15) is 90.6 Å². The third-order valence-electron chi connectivity index (χ3n) is 15.4. The number of carbonyl (C=O) groups excluding carboxylic acids is 3. The Morgan fingerprint density at radius 3 is 2.29 bits per heavy atom. The standard InChI is InChI=1S/C52H63N11O5/c1-34(45-30-42-41(13-18-54-49(42)57(45)2)40-8-11-47(53)55-31-40)60-21-16-38(17-22-60)37-4-6-39(7-5-37)51(67)61-19-14-35(15-20-61)32-58-23-25-59(26-24-58)33-36-3-9-43-46(29-36)62(27-28-64)52(68)63(43)44-10-12-48(65)56-50(44)66/h3-9,11,13,18,29-31,34-35,38,44,64H,10,12,14-17,19-28,32-33H2,1-2H3,(H2,53,55)(H,56,65,66)/t34-,44?/m0/s1. The zero-order valence-corrected chi connectivity index (χ0v) is 39.2. The second-order valence-electron chi connectivity index (χ2n) is 19.4. The Bertz CT molecular complexity index is 2860. The van der Waals surface area contributed by atoms with Gasteiger partial charge in [-0.25, -0.2) is 14.8 Å². The maximum absolute atomic E-state index is 13.7. The number of amides is 3. The summed E-state index contributed by atoms with van der Waals surface area (Å²) in [5, 5.41) is 13.3. The summed E-state index contributed by atoms with van der Waals surface area (Å²) in [4.78, 5) is 70.4. The summed E-state index contributed by atoms with van der Waals surface area (Å²) in [5.41, 5.74) is 14.3. The van der Waals surface area contributed by atoms with E-state index >= 15 is 0 Å². The molecule has 68 heavy (non-hydrogen) atoms. The normalized spacial score (nSPS) is 20.1. The number of aliphatic hydroxyl groups is 1. The number of nitrogens with one attached hydrogen (secondary N) is 1. The number of benzene rings is 2. The molecule has 3 amide bonds. The molecule has 4 aliphatic rings. The Balaban J connectivity index is 0.676. The highest BCUT2D eigenvalue weighted by Crippen LogP contribution is 2.36. The molecular formula is C52H63N11O5. The predicted molar refractivity (Wildman–Crippen MR) is 262 cm³/mol. The lowest BCUT2D eigenvalue weighted by Crippen LogP contribution is -2.48. The Hall–Kier alpha value is -6.20. The van der Waals surface area contributed by atoms with Crippen LogP contribution in [0.15, 0.2) is 83.9 Å². The Morgan fingerprint density at radius 1 is 0.838 bits per heavy atom. The lowest BCUT2D eigenvalue weighted by Gasteiger charge is -2.39. The monoisotopic (exact) mass is 922 g/mol. The predicted octanol–water partition coefficient (Wildman–Crippen LogP) is 4.91. The van der Waals surface area contributed by atoms with E-state index in [1.165, 1.54) is 20.4 Å². The molecule has 6 aromatic rings. The van der Waals surface area contributed by atoms with Crippen LogP contribution in [0.2, 0.25) is 0 Å². The molecule has 0 spiro atoms. The molecule has 356 valence electrons. The molecule has 4 aromatic heterocycles. The molecular weight excluding hydrogens is 859 g/mol. The first kappa shape index (κ1) is 45.6. The first-order valence-corrected chi connectivity index (χ1v) is 24.5. The van der Waals surface area contributed by atoms with Crippen molar-refractivity contribution in [2.75, 3.05) is 71.2 Å². The number of pyridine rings is 2. The molecule has 2 aromatic carbocycles. The SMILES string of the molecule is C[C@@H](c1cc2c(-c3ccc(N)nc3)ccnc2n1C)N1CCC(c2ccc(C(=O)N3CCC(CN4CCN(Cc5ccc6c(c5)n(CCO)c(=O)n6C5CCC(=O)NC5=O)CC4)CC3)cc2)CC1. The number of piperazine rings is 1. The van der Waals surface area contributed by atoms with Crippen LogP contribution >= 0.6 is 0 Å². The van der Waals surface area contributed by atoms with E-state index in [4.69, 9.17) is 10.7 Å². The summed E-state index contributed by atoms with van der Waals surface area (Å²) in [5.74, 6) is 0.867. The average Bonchev–Trinajstić information content (AvgIpc) is 3.84. The number of rotatable bonds is 12. The van der Waals surface area contributed by atoms with Crippen LogP contribution in [0.3, 0.4) is 0 Å². The molecule has 0 radical (unpaired) electrons. The molecule has 0 bridgehead atoms. The Morgan fingerprint density at radius 2 is 1.59 bits per heavy atom. The van der Waals surface area contributed by atoms with Crippen LogP contribution in [0.4, 0.5) is 5.82 Å². The van der Waals surface area contributed by atoms with Crippen molar-refractivity contribution in [2.45, 2.75) is 76.5 Å². The number of nitrogens with zero attached hydrogens (tertiary/aromatic N) is 9. The highest BCUT2D eigenvalue weighted by molar-refractivity contribution is 6.00. The number of hydrogen-bond acceptors (Lipinski definition) is 11. The number of aromatic nitrogens is 5. The minimum atomic E-state index is -0.763. The average molecular weight is 922 g/mol. The van der Waals surface area contributed by atoms with Gasteiger partial charge in [0.2, 0.25) is 11.8 Å². The number of likely N-dealkylation sites (tertiary alicyclic amines) is 2. The van der Waals surface area contributed by atoms with Gasteiger partial charge in [-0.1, -0.05) is 18.2 Å². The molecule has 4 N–H and O–H groups in total. The van der Waals surface area contributed by atoms with E-state index in [0.29, 0.717) is 28.7 Å². The number of anilines is 1. The number of aryl methyl sites for hydroxylation is 1. The lowest BCUT2D eigenvalue weighted by atomic mass is 9.88. The molecule has 2 atom stereocenters. The van der Waals surface area contributed by atoms with Crippen molar-refractivity contribution in [3.05, 3.63) is 112 Å². The number of nitrogen functional groups attached to an aromatic ring is 1. The Kier molecular flexibility index (Phi) is 13.0. The molecule has 4 aliphatic heterocycles. The number of carbonyl (C=O) groups is 3. The van der Waals surface area contributed by atoms with Gasteiger partial charge in [0.15, 0.2) is 0 Å². The van der Waals surface area contributed by atoms with E-state index in [9.17, 15) is 24.3 Å². The quantitative estimate of drug-likeness (QED) is 0.142. The Labute approximate surface area is 396 Å². The smallest absolute Gasteiger partial charge is 0.329 e. The van der Waals surface area contributed by atoms with Crippen LogP contribution in [0.25, 0.3) is 33.2 Å². The fourth-order valence-electron chi connectivity index (χ4n) is 11.4. The van der Waals surface area contributed by atoms with Crippen LogP contribution in [0.5, 0.6) is 0 Å². The first-order valence-electron chi connectivity index (χ1n) is 24.5. The third-order valence-corrected chi connectivity index (χ3v) is 15.4. The molecule has 1 unspecified atom stereocenters. The van der Waals surface area contributed by atoms with Gasteiger partial charge in [0, 0.05) is 106 Å². The number of hydrogen-bond donors (Lipinski definition) is 3. The van der Waals surface area contributed by atoms with E-state index < -0.39 is 11.9 Å². The van der Waals surface area contributed by atoms with Gasteiger partial charge < -0.3 is 25.2 Å². The van der Waals surface area contributed by atoms with Gasteiger partial charge in [-0.3, -0.25) is 38.6 Å². The number of nitrogens with two attached hydrogens (primary N) is 1. The molecule has 16 nitrogen and oxygen atoms in total. The van der Waals surface area contributed by atoms with Crippen LogP contribution < -0.4 is 16.7 Å². The van der Waals surface area contributed by atoms with E-state index in [-0.39, 0.29) is 49.5 Å². The number of imide groups is 1. The van der Waals surface area contributed by atoms with Crippen molar-refractivity contribution in [3.8, 4) is 11.1 Å².